The van der Waals surface area contributed by atoms with E-state index in [0.717, 1.165) is 6.61 Å². The van der Waals surface area contributed by atoms with Gasteiger partial charge >= 0.3 is 0 Å². The maximum absolute atomic E-state index is 5.92. The molecule has 2 aliphatic carbocycles. The Morgan fingerprint density at radius 3 is 2.71 bits per heavy atom. The molecule has 0 aliphatic heterocycles. The van der Waals surface area contributed by atoms with Crippen LogP contribution in [-0.2, 0) is 17.6 Å². The topological polar surface area (TPSA) is 21.3 Å². The summed E-state index contributed by atoms with van der Waals surface area (Å²) in [7, 11) is 0. The van der Waals surface area contributed by atoms with Crippen LogP contribution in [0.1, 0.15) is 51.2 Å². The lowest BCUT2D eigenvalue weighted by Gasteiger charge is -2.55. The lowest BCUT2D eigenvalue weighted by Crippen LogP contribution is -2.64. The van der Waals surface area contributed by atoms with Crippen LogP contribution in [0.2, 0.25) is 0 Å². The van der Waals surface area contributed by atoms with Crippen LogP contribution in [0.5, 0.6) is 0 Å². The number of benzene rings is 1. The third kappa shape index (κ3) is 2.76. The van der Waals surface area contributed by atoms with Crippen molar-refractivity contribution in [3.63, 3.8) is 0 Å². The molecule has 0 heterocycles. The Morgan fingerprint density at radius 2 is 2.00 bits per heavy atom. The molecule has 2 heteroatoms. The smallest absolute Gasteiger partial charge is 0.0658 e. The molecule has 116 valence electrons. The zero-order valence-corrected chi connectivity index (χ0v) is 13.7. The number of fused-ring (bicyclic) bond motifs is 1. The van der Waals surface area contributed by atoms with Crippen molar-refractivity contribution in [2.24, 2.45) is 5.41 Å². The van der Waals surface area contributed by atoms with E-state index in [1.165, 1.54) is 32.1 Å². The van der Waals surface area contributed by atoms with Gasteiger partial charge in [-0.3, -0.25) is 0 Å². The predicted octanol–water partition coefficient (Wildman–Crippen LogP) is 3.73. The van der Waals surface area contributed by atoms with Crippen LogP contribution >= 0.6 is 0 Å². The maximum atomic E-state index is 5.92. The number of rotatable bonds is 5. The van der Waals surface area contributed by atoms with Crippen LogP contribution in [0, 0.1) is 5.41 Å². The first-order valence-corrected chi connectivity index (χ1v) is 8.61. The second-order valence-corrected chi connectivity index (χ2v) is 6.97. The maximum Gasteiger partial charge on any atom is 0.0658 e. The summed E-state index contributed by atoms with van der Waals surface area (Å²) >= 11 is 0. The summed E-state index contributed by atoms with van der Waals surface area (Å²) in [4.78, 5) is 0. The number of ether oxygens (including phenoxy) is 1. The van der Waals surface area contributed by atoms with Crippen molar-refractivity contribution in [1.82, 2.24) is 5.32 Å². The molecule has 0 spiro atoms. The first-order valence-electron chi connectivity index (χ1n) is 8.61. The highest BCUT2D eigenvalue weighted by molar-refractivity contribution is 5.30. The van der Waals surface area contributed by atoms with Gasteiger partial charge in [-0.05, 0) is 50.2 Å². The largest absolute Gasteiger partial charge is 0.378 e. The van der Waals surface area contributed by atoms with Crippen LogP contribution in [0.3, 0.4) is 0 Å². The van der Waals surface area contributed by atoms with Gasteiger partial charge in [0.25, 0.3) is 0 Å². The second kappa shape index (κ2) is 6.10. The summed E-state index contributed by atoms with van der Waals surface area (Å²) in [6.07, 6.45) is 6.49. The lowest BCUT2D eigenvalue weighted by atomic mass is 9.61. The van der Waals surface area contributed by atoms with Gasteiger partial charge in [0, 0.05) is 24.1 Å². The summed E-state index contributed by atoms with van der Waals surface area (Å²) in [6, 6.07) is 10.2. The molecule has 4 unspecified atom stereocenters. The lowest BCUT2D eigenvalue weighted by molar-refractivity contribution is -0.128. The van der Waals surface area contributed by atoms with E-state index in [4.69, 9.17) is 4.74 Å². The van der Waals surface area contributed by atoms with E-state index in [1.54, 1.807) is 11.1 Å². The highest BCUT2D eigenvalue weighted by Gasteiger charge is 2.51. The third-order valence-electron chi connectivity index (χ3n) is 5.89. The molecule has 0 saturated heterocycles. The molecular weight excluding hydrogens is 258 g/mol. The van der Waals surface area contributed by atoms with Crippen LogP contribution in [0.25, 0.3) is 0 Å². The fourth-order valence-corrected chi connectivity index (χ4v) is 4.13. The monoisotopic (exact) mass is 287 g/mol. The molecule has 21 heavy (non-hydrogen) atoms. The molecule has 4 atom stereocenters. The van der Waals surface area contributed by atoms with Crippen LogP contribution in [0.4, 0.5) is 0 Å². The summed E-state index contributed by atoms with van der Waals surface area (Å²) in [5, 5.41) is 3.95. The van der Waals surface area contributed by atoms with Gasteiger partial charge in [-0.2, -0.15) is 0 Å². The number of hydrogen-bond donors (Lipinski definition) is 1. The van der Waals surface area contributed by atoms with Gasteiger partial charge in [-0.15, -0.1) is 0 Å². The van der Waals surface area contributed by atoms with Crippen molar-refractivity contribution in [3.05, 3.63) is 35.4 Å². The Hall–Kier alpha value is -0.860. The average molecular weight is 287 g/mol. The zero-order chi connectivity index (χ0) is 14.9. The minimum absolute atomic E-state index is 0.312. The normalized spacial score (nSPS) is 35.1. The molecule has 1 saturated carbocycles. The molecule has 2 aliphatic rings. The summed E-state index contributed by atoms with van der Waals surface area (Å²) in [6.45, 7) is 7.64. The third-order valence-corrected chi connectivity index (χ3v) is 5.89. The van der Waals surface area contributed by atoms with E-state index in [-0.39, 0.29) is 0 Å². The molecular formula is C19H29NO. The van der Waals surface area contributed by atoms with Crippen molar-refractivity contribution >= 4 is 0 Å². The van der Waals surface area contributed by atoms with E-state index in [9.17, 15) is 0 Å². The van der Waals surface area contributed by atoms with Gasteiger partial charge in [0.2, 0.25) is 0 Å². The molecule has 1 aromatic carbocycles. The molecule has 0 bridgehead atoms. The average Bonchev–Trinajstić information content (AvgIpc) is 2.53. The van der Waals surface area contributed by atoms with E-state index >= 15 is 0 Å². The minimum atomic E-state index is 0.312. The predicted molar refractivity (Wildman–Crippen MR) is 87.6 cm³/mol. The fraction of sp³-hybridized carbons (Fsp3) is 0.684. The van der Waals surface area contributed by atoms with Gasteiger partial charge in [0.1, 0.15) is 0 Å². The van der Waals surface area contributed by atoms with Crippen LogP contribution in [-0.4, -0.2) is 24.8 Å². The molecule has 0 aromatic heterocycles. The number of nitrogens with one attached hydrogen (secondary N) is 1. The van der Waals surface area contributed by atoms with Gasteiger partial charge in [-0.25, -0.2) is 0 Å². The first-order chi connectivity index (χ1) is 10.2. The first kappa shape index (κ1) is 15.1. The van der Waals surface area contributed by atoms with E-state index < -0.39 is 0 Å². The Labute approximate surface area is 129 Å². The molecule has 0 radical (unpaired) electrons. The molecule has 2 nitrogen and oxygen atoms in total. The summed E-state index contributed by atoms with van der Waals surface area (Å²) in [5.41, 5.74) is 3.40. The summed E-state index contributed by atoms with van der Waals surface area (Å²) in [5.74, 6) is 0. The minimum Gasteiger partial charge on any atom is -0.378 e. The van der Waals surface area contributed by atoms with Crippen molar-refractivity contribution in [2.75, 3.05) is 6.61 Å². The van der Waals surface area contributed by atoms with Gasteiger partial charge in [-0.1, -0.05) is 38.1 Å². The standard InChI is InChI=1S/C19H29NO/c1-4-19(3)17(13-18(19)21-5-2)20-16-11-10-14-8-6-7-9-15(14)12-16/h6-9,16-18,20H,4-5,10-13H2,1-3H3. The number of hydrogen-bond acceptors (Lipinski definition) is 2. The van der Waals surface area contributed by atoms with Gasteiger partial charge in [0.05, 0.1) is 6.10 Å². The van der Waals surface area contributed by atoms with Gasteiger partial charge < -0.3 is 10.1 Å². The molecule has 3 rings (SSSR count). The van der Waals surface area contributed by atoms with Crippen LogP contribution in [0.15, 0.2) is 24.3 Å². The van der Waals surface area contributed by atoms with Crippen molar-refractivity contribution in [3.8, 4) is 0 Å². The van der Waals surface area contributed by atoms with E-state index in [2.05, 4.69) is 50.4 Å². The Bertz CT molecular complexity index is 486. The number of aryl methyl sites for hydroxylation is 1. The highest BCUT2D eigenvalue weighted by Crippen LogP contribution is 2.46. The SMILES string of the molecule is CCOC1CC(NC2CCc3ccccc3C2)C1(C)CC. The van der Waals surface area contributed by atoms with Crippen molar-refractivity contribution in [1.29, 1.82) is 0 Å². The quantitative estimate of drug-likeness (QED) is 0.891. The molecule has 1 N–H and O–H groups in total. The van der Waals surface area contributed by atoms with Crippen molar-refractivity contribution in [2.45, 2.75) is 71.1 Å². The fourth-order valence-electron chi connectivity index (χ4n) is 4.13. The van der Waals surface area contributed by atoms with E-state index in [1.807, 2.05) is 0 Å². The van der Waals surface area contributed by atoms with Gasteiger partial charge in [0.15, 0.2) is 0 Å². The van der Waals surface area contributed by atoms with Crippen molar-refractivity contribution < 1.29 is 4.74 Å². The Morgan fingerprint density at radius 1 is 1.24 bits per heavy atom. The molecule has 1 fully saturated rings. The summed E-state index contributed by atoms with van der Waals surface area (Å²) < 4.78 is 5.92. The molecule has 1 aromatic rings. The van der Waals surface area contributed by atoms with E-state index in [0.29, 0.717) is 23.6 Å². The Kier molecular flexibility index (Phi) is 4.37. The second-order valence-electron chi connectivity index (χ2n) is 6.97. The highest BCUT2D eigenvalue weighted by atomic mass is 16.5. The molecule has 0 amide bonds. The Balaban J connectivity index is 1.61. The zero-order valence-electron chi connectivity index (χ0n) is 13.7. The van der Waals surface area contributed by atoms with Crippen LogP contribution < -0.4 is 5.32 Å².